The van der Waals surface area contributed by atoms with Crippen LogP contribution in [0.2, 0.25) is 0 Å². The van der Waals surface area contributed by atoms with Gasteiger partial charge in [0.15, 0.2) is 0 Å². The van der Waals surface area contributed by atoms with E-state index < -0.39 is 0 Å². The number of benzene rings is 6. The van der Waals surface area contributed by atoms with Gasteiger partial charge in [0.1, 0.15) is 0 Å². The van der Waals surface area contributed by atoms with Gasteiger partial charge in [-0.3, -0.25) is 0 Å². The first kappa shape index (κ1) is 20.3. The van der Waals surface area contributed by atoms with Crippen molar-refractivity contribution in [3.8, 4) is 0 Å². The average molecular weight is 413 g/mol. The van der Waals surface area contributed by atoms with Crippen molar-refractivity contribution in [3.05, 3.63) is 119 Å². The summed E-state index contributed by atoms with van der Waals surface area (Å²) in [5, 5.41) is 10.8. The Hall–Kier alpha value is -3.64. The second-order valence-corrected chi connectivity index (χ2v) is 8.96. The van der Waals surface area contributed by atoms with Crippen molar-refractivity contribution in [1.29, 1.82) is 0 Å². The van der Waals surface area contributed by atoms with Gasteiger partial charge in [-0.25, -0.2) is 0 Å². The van der Waals surface area contributed by atoms with Crippen LogP contribution in [0.4, 0.5) is 0 Å². The maximum Gasteiger partial charge on any atom is -0.0105 e. The summed E-state index contributed by atoms with van der Waals surface area (Å²) in [6.45, 7) is 8.62. The van der Waals surface area contributed by atoms with E-state index in [2.05, 4.69) is 125 Å². The molecule has 0 heteroatoms. The molecule has 156 valence electrons. The minimum absolute atomic E-state index is 1.32. The Balaban J connectivity index is 0.000000135. The van der Waals surface area contributed by atoms with Crippen LogP contribution < -0.4 is 0 Å². The van der Waals surface area contributed by atoms with Gasteiger partial charge in [-0.05, 0) is 94.0 Å². The number of fused-ring (bicyclic) bond motifs is 5. The second kappa shape index (κ2) is 8.13. The zero-order valence-corrected chi connectivity index (χ0v) is 19.2. The van der Waals surface area contributed by atoms with E-state index in [0.29, 0.717) is 0 Å². The van der Waals surface area contributed by atoms with Crippen molar-refractivity contribution >= 4 is 43.1 Å². The fourth-order valence-corrected chi connectivity index (χ4v) is 4.67. The lowest BCUT2D eigenvalue weighted by Crippen LogP contribution is -1.82. The molecule has 32 heavy (non-hydrogen) atoms. The molecule has 0 spiro atoms. The van der Waals surface area contributed by atoms with Crippen molar-refractivity contribution in [3.63, 3.8) is 0 Å². The Morgan fingerprint density at radius 3 is 1.19 bits per heavy atom. The maximum absolute atomic E-state index is 2.30. The minimum atomic E-state index is 1.32. The molecule has 0 fully saturated rings. The van der Waals surface area contributed by atoms with Gasteiger partial charge in [-0.2, -0.15) is 0 Å². The highest BCUT2D eigenvalue weighted by molar-refractivity contribution is 6.07. The lowest BCUT2D eigenvalue weighted by molar-refractivity contribution is 1.50. The fraction of sp³-hybridized carbons (Fsp3) is 0.125. The third-order valence-corrected chi connectivity index (χ3v) is 6.46. The van der Waals surface area contributed by atoms with Crippen LogP contribution in [-0.2, 0) is 0 Å². The van der Waals surface area contributed by atoms with Crippen molar-refractivity contribution in [2.45, 2.75) is 27.7 Å². The predicted molar refractivity (Wildman–Crippen MR) is 142 cm³/mol. The van der Waals surface area contributed by atoms with Crippen LogP contribution in [0.5, 0.6) is 0 Å². The van der Waals surface area contributed by atoms with Crippen LogP contribution in [0.15, 0.2) is 97.1 Å². The van der Waals surface area contributed by atoms with Gasteiger partial charge in [0.05, 0.1) is 0 Å². The van der Waals surface area contributed by atoms with E-state index in [4.69, 9.17) is 0 Å². The Labute approximate surface area is 190 Å². The molecule has 0 atom stereocenters. The number of aryl methyl sites for hydroxylation is 4. The summed E-state index contributed by atoms with van der Waals surface area (Å²) < 4.78 is 0. The summed E-state index contributed by atoms with van der Waals surface area (Å²) in [5.41, 5.74) is 5.33. The molecule has 0 amide bonds. The molecule has 6 aromatic carbocycles. The smallest absolute Gasteiger partial charge is 0.0105 e. The van der Waals surface area contributed by atoms with Crippen LogP contribution in [0, 0.1) is 27.7 Å². The molecule has 0 aromatic heterocycles. The molecule has 0 nitrogen and oxygen atoms in total. The Bertz CT molecular complexity index is 1480. The van der Waals surface area contributed by atoms with E-state index in [1.165, 1.54) is 65.3 Å². The van der Waals surface area contributed by atoms with Crippen molar-refractivity contribution in [2.75, 3.05) is 0 Å². The quantitative estimate of drug-likeness (QED) is 0.172. The molecule has 0 saturated carbocycles. The van der Waals surface area contributed by atoms with E-state index in [0.717, 1.165) is 0 Å². The van der Waals surface area contributed by atoms with Crippen LogP contribution in [0.25, 0.3) is 43.1 Å². The topological polar surface area (TPSA) is 0 Å². The van der Waals surface area contributed by atoms with Gasteiger partial charge < -0.3 is 0 Å². The fourth-order valence-electron chi connectivity index (χ4n) is 4.67. The molecule has 0 aliphatic rings. The summed E-state index contributed by atoms with van der Waals surface area (Å²) in [7, 11) is 0. The number of hydrogen-bond acceptors (Lipinski definition) is 0. The standard InChI is InChI=1S/2C16H14/c1-11-3-7-15-13(9-11)5-6-14-10-12(2)4-8-16(14)15;1-11-5-3-7-13-10-16-12(2)6-4-8-14(16)9-15(11)13/h2*3-10H,1-2H3. The highest BCUT2D eigenvalue weighted by Crippen LogP contribution is 2.28. The zero-order valence-electron chi connectivity index (χ0n) is 19.2. The van der Waals surface area contributed by atoms with E-state index in [1.54, 1.807) is 0 Å². The monoisotopic (exact) mass is 412 g/mol. The summed E-state index contributed by atoms with van der Waals surface area (Å²) in [5.74, 6) is 0. The summed E-state index contributed by atoms with van der Waals surface area (Å²) in [4.78, 5) is 0. The SMILES string of the molecule is Cc1ccc2c(ccc3cc(C)ccc32)c1.Cc1cccc2cc3c(C)cccc3cc12. The van der Waals surface area contributed by atoms with Crippen LogP contribution in [0.1, 0.15) is 22.3 Å². The molecule has 0 radical (unpaired) electrons. The van der Waals surface area contributed by atoms with Crippen LogP contribution in [-0.4, -0.2) is 0 Å². The lowest BCUT2D eigenvalue weighted by atomic mass is 9.98. The zero-order chi connectivity index (χ0) is 22.2. The van der Waals surface area contributed by atoms with Crippen LogP contribution in [0.3, 0.4) is 0 Å². The lowest BCUT2D eigenvalue weighted by Gasteiger charge is -2.06. The van der Waals surface area contributed by atoms with Crippen molar-refractivity contribution < 1.29 is 0 Å². The average Bonchev–Trinajstić information content (AvgIpc) is 2.79. The first-order chi connectivity index (χ1) is 15.5. The van der Waals surface area contributed by atoms with Gasteiger partial charge >= 0.3 is 0 Å². The molecule has 0 bridgehead atoms. The van der Waals surface area contributed by atoms with Crippen molar-refractivity contribution in [1.82, 2.24) is 0 Å². The molecule has 0 N–H and O–H groups in total. The number of rotatable bonds is 0. The van der Waals surface area contributed by atoms with Crippen molar-refractivity contribution in [2.24, 2.45) is 0 Å². The second-order valence-electron chi connectivity index (χ2n) is 8.96. The van der Waals surface area contributed by atoms with E-state index in [9.17, 15) is 0 Å². The first-order valence-corrected chi connectivity index (χ1v) is 11.3. The molecule has 0 aliphatic carbocycles. The molecule has 6 aromatic rings. The summed E-state index contributed by atoms with van der Waals surface area (Å²) in [6.07, 6.45) is 0. The third kappa shape index (κ3) is 3.74. The Morgan fingerprint density at radius 1 is 0.344 bits per heavy atom. The van der Waals surface area contributed by atoms with E-state index >= 15 is 0 Å². The Kier molecular flexibility index (Phi) is 5.15. The maximum atomic E-state index is 2.30. The minimum Gasteiger partial charge on any atom is -0.0614 e. The molecule has 0 unspecified atom stereocenters. The Morgan fingerprint density at radius 2 is 0.750 bits per heavy atom. The predicted octanol–water partition coefficient (Wildman–Crippen LogP) is 9.22. The molecule has 0 heterocycles. The van der Waals surface area contributed by atoms with Gasteiger partial charge in [-0.15, -0.1) is 0 Å². The van der Waals surface area contributed by atoms with Gasteiger partial charge in [-0.1, -0.05) is 96.1 Å². The largest absolute Gasteiger partial charge is 0.0614 e. The van der Waals surface area contributed by atoms with Gasteiger partial charge in [0.25, 0.3) is 0 Å². The number of hydrogen-bond donors (Lipinski definition) is 0. The molecular formula is C32H28. The third-order valence-electron chi connectivity index (χ3n) is 6.46. The molecular weight excluding hydrogens is 384 g/mol. The van der Waals surface area contributed by atoms with Gasteiger partial charge in [0, 0.05) is 0 Å². The summed E-state index contributed by atoms with van der Waals surface area (Å²) in [6, 6.07) is 35.3. The molecule has 0 aliphatic heterocycles. The molecule has 0 saturated heterocycles. The van der Waals surface area contributed by atoms with E-state index in [1.807, 2.05) is 0 Å². The van der Waals surface area contributed by atoms with Gasteiger partial charge in [0.2, 0.25) is 0 Å². The summed E-state index contributed by atoms with van der Waals surface area (Å²) >= 11 is 0. The molecule has 6 rings (SSSR count). The first-order valence-electron chi connectivity index (χ1n) is 11.3. The van der Waals surface area contributed by atoms with Crippen LogP contribution >= 0.6 is 0 Å². The highest BCUT2D eigenvalue weighted by atomic mass is 14.1. The highest BCUT2D eigenvalue weighted by Gasteiger charge is 2.02. The van der Waals surface area contributed by atoms with E-state index in [-0.39, 0.29) is 0 Å². The normalized spacial score (nSPS) is 11.1.